The van der Waals surface area contributed by atoms with Crippen molar-refractivity contribution in [2.75, 3.05) is 5.73 Å². The molecule has 0 fully saturated rings. The number of halogens is 1. The minimum Gasteiger partial charge on any atom is -0.395 e. The molecule has 6 heteroatoms. The number of nitrogen functional groups attached to an aromatic ring is 1. The van der Waals surface area contributed by atoms with Crippen molar-refractivity contribution in [1.29, 1.82) is 0 Å². The van der Waals surface area contributed by atoms with E-state index in [9.17, 15) is 9.18 Å². The van der Waals surface area contributed by atoms with Crippen LogP contribution in [0.4, 0.5) is 10.1 Å². The normalized spacial score (nSPS) is 10.5. The summed E-state index contributed by atoms with van der Waals surface area (Å²) in [5.41, 5.74) is 8.06. The summed E-state index contributed by atoms with van der Waals surface area (Å²) in [7, 11) is 0. The fourth-order valence-electron chi connectivity index (χ4n) is 1.87. The van der Waals surface area contributed by atoms with Crippen LogP contribution in [-0.4, -0.2) is 16.1 Å². The predicted molar refractivity (Wildman–Crippen MR) is 74.6 cm³/mol. The second kappa shape index (κ2) is 6.18. The first-order chi connectivity index (χ1) is 9.61. The lowest BCUT2D eigenvalue weighted by Crippen LogP contribution is -2.24. The number of nitrogens with one attached hydrogen (secondary N) is 2. The summed E-state index contributed by atoms with van der Waals surface area (Å²) in [5.74, 6) is -0.647. The Bertz CT molecular complexity index is 592. The first-order valence-corrected chi connectivity index (χ1v) is 6.47. The highest BCUT2D eigenvalue weighted by Crippen LogP contribution is 2.15. The zero-order chi connectivity index (χ0) is 14.5. The number of aromatic amines is 1. The number of carbonyl (C=O) groups is 1. The minimum absolute atomic E-state index is 0.204. The van der Waals surface area contributed by atoms with Crippen LogP contribution in [0, 0.1) is 5.82 Å². The Balaban J connectivity index is 1.99. The number of amides is 1. The molecule has 4 N–H and O–H groups in total. The molecule has 1 amide bonds. The number of carbonyl (C=O) groups excluding carboxylic acids is 1. The number of nitrogens with zero attached hydrogens (tertiary/aromatic N) is 1. The van der Waals surface area contributed by atoms with Gasteiger partial charge in [-0.15, -0.1) is 0 Å². The highest BCUT2D eigenvalue weighted by molar-refractivity contribution is 5.97. The van der Waals surface area contributed by atoms with Crippen molar-refractivity contribution in [1.82, 2.24) is 15.5 Å². The van der Waals surface area contributed by atoms with Crippen LogP contribution in [0.2, 0.25) is 0 Å². The molecule has 1 heterocycles. The average molecular weight is 276 g/mol. The van der Waals surface area contributed by atoms with Gasteiger partial charge >= 0.3 is 0 Å². The molecule has 0 saturated heterocycles. The Morgan fingerprint density at radius 3 is 2.75 bits per heavy atom. The highest BCUT2D eigenvalue weighted by atomic mass is 19.1. The van der Waals surface area contributed by atoms with Crippen LogP contribution < -0.4 is 11.1 Å². The van der Waals surface area contributed by atoms with Crippen LogP contribution in [0.1, 0.15) is 35.1 Å². The average Bonchev–Trinajstić information content (AvgIpc) is 2.80. The molecule has 2 aromatic rings. The molecule has 0 atom stereocenters. The van der Waals surface area contributed by atoms with Gasteiger partial charge in [0.25, 0.3) is 5.91 Å². The molecule has 1 aromatic carbocycles. The highest BCUT2D eigenvalue weighted by Gasteiger charge is 2.16. The van der Waals surface area contributed by atoms with Gasteiger partial charge < -0.3 is 11.1 Å². The minimum atomic E-state index is -0.342. The van der Waals surface area contributed by atoms with E-state index in [1.165, 1.54) is 12.1 Å². The van der Waals surface area contributed by atoms with Crippen molar-refractivity contribution < 1.29 is 9.18 Å². The molecule has 2 rings (SSSR count). The summed E-state index contributed by atoms with van der Waals surface area (Å²) in [5, 5.41) is 9.42. The maximum Gasteiger partial charge on any atom is 0.274 e. The lowest BCUT2D eigenvalue weighted by atomic mass is 10.2. The zero-order valence-corrected chi connectivity index (χ0v) is 11.2. The quantitative estimate of drug-likeness (QED) is 0.781. The summed E-state index contributed by atoms with van der Waals surface area (Å²) < 4.78 is 12.8. The third kappa shape index (κ3) is 3.14. The Morgan fingerprint density at radius 1 is 1.40 bits per heavy atom. The topological polar surface area (TPSA) is 83.8 Å². The van der Waals surface area contributed by atoms with Gasteiger partial charge in [0, 0.05) is 6.54 Å². The Kier molecular flexibility index (Phi) is 4.34. The number of hydrogen-bond donors (Lipinski definition) is 3. The lowest BCUT2D eigenvalue weighted by Gasteiger charge is -2.04. The number of rotatable bonds is 5. The van der Waals surface area contributed by atoms with Crippen molar-refractivity contribution in [3.05, 3.63) is 47.0 Å². The van der Waals surface area contributed by atoms with Crippen LogP contribution in [-0.2, 0) is 13.0 Å². The molecule has 0 aliphatic rings. The van der Waals surface area contributed by atoms with Gasteiger partial charge in [0.15, 0.2) is 5.69 Å². The number of H-pyrrole nitrogens is 1. The molecule has 0 unspecified atom stereocenters. The van der Waals surface area contributed by atoms with E-state index in [4.69, 9.17) is 5.73 Å². The lowest BCUT2D eigenvalue weighted by molar-refractivity contribution is 0.0947. The van der Waals surface area contributed by atoms with E-state index < -0.39 is 0 Å². The van der Waals surface area contributed by atoms with E-state index in [2.05, 4.69) is 15.5 Å². The summed E-state index contributed by atoms with van der Waals surface area (Å²) in [4.78, 5) is 12.0. The van der Waals surface area contributed by atoms with E-state index in [1.54, 1.807) is 12.1 Å². The predicted octanol–water partition coefficient (Wildman–Crippen LogP) is 2.01. The van der Waals surface area contributed by atoms with Crippen LogP contribution in [0.5, 0.6) is 0 Å². The first-order valence-electron chi connectivity index (χ1n) is 6.47. The van der Waals surface area contributed by atoms with Crippen LogP contribution in [0.15, 0.2) is 24.3 Å². The molecule has 5 nitrogen and oxygen atoms in total. The maximum atomic E-state index is 12.8. The molecule has 0 saturated carbocycles. The van der Waals surface area contributed by atoms with Gasteiger partial charge in [-0.1, -0.05) is 25.5 Å². The van der Waals surface area contributed by atoms with Gasteiger partial charge in [0.2, 0.25) is 0 Å². The molecule has 0 bridgehead atoms. The van der Waals surface area contributed by atoms with Crippen molar-refractivity contribution in [2.45, 2.75) is 26.3 Å². The second-order valence-corrected chi connectivity index (χ2v) is 4.52. The Hall–Kier alpha value is -2.37. The molecule has 0 radical (unpaired) electrons. The van der Waals surface area contributed by atoms with E-state index in [0.29, 0.717) is 12.2 Å². The molecule has 1 aromatic heterocycles. The number of benzene rings is 1. The fourth-order valence-corrected chi connectivity index (χ4v) is 1.87. The first kappa shape index (κ1) is 14.0. The number of nitrogens with two attached hydrogens (primary N) is 1. The Labute approximate surface area is 116 Å². The largest absolute Gasteiger partial charge is 0.395 e. The van der Waals surface area contributed by atoms with Gasteiger partial charge in [-0.05, 0) is 24.1 Å². The summed E-state index contributed by atoms with van der Waals surface area (Å²) in [6, 6.07) is 5.94. The van der Waals surface area contributed by atoms with Gasteiger partial charge in [0.05, 0.1) is 11.4 Å². The summed E-state index contributed by atoms with van der Waals surface area (Å²) in [6.45, 7) is 2.32. The molecule has 20 heavy (non-hydrogen) atoms. The van der Waals surface area contributed by atoms with Gasteiger partial charge in [-0.3, -0.25) is 9.89 Å². The maximum absolute atomic E-state index is 12.8. The number of anilines is 1. The molecule has 0 aliphatic carbocycles. The summed E-state index contributed by atoms with van der Waals surface area (Å²) in [6.07, 6.45) is 1.67. The fraction of sp³-hybridized carbons (Fsp3) is 0.286. The van der Waals surface area contributed by atoms with Gasteiger partial charge in [-0.25, -0.2) is 4.39 Å². The van der Waals surface area contributed by atoms with Crippen molar-refractivity contribution in [3.8, 4) is 0 Å². The molecule has 0 aliphatic heterocycles. The number of hydrogen-bond acceptors (Lipinski definition) is 3. The van der Waals surface area contributed by atoms with Crippen LogP contribution >= 0.6 is 0 Å². The third-order valence-electron chi connectivity index (χ3n) is 2.96. The summed E-state index contributed by atoms with van der Waals surface area (Å²) >= 11 is 0. The van der Waals surface area contributed by atoms with Gasteiger partial charge in [0.1, 0.15) is 5.82 Å². The van der Waals surface area contributed by atoms with Gasteiger partial charge in [-0.2, -0.15) is 5.10 Å². The zero-order valence-electron chi connectivity index (χ0n) is 11.2. The monoisotopic (exact) mass is 276 g/mol. The second-order valence-electron chi connectivity index (χ2n) is 4.52. The smallest absolute Gasteiger partial charge is 0.274 e. The molecular formula is C14H17FN4O. The number of aromatic nitrogens is 2. The standard InChI is InChI=1S/C14H17FN4O/c1-2-3-11-12(16)13(19-18-11)14(20)17-8-9-4-6-10(15)7-5-9/h4-7H,2-3,8,16H2,1H3,(H,17,20)(H,18,19). The number of aryl methyl sites for hydroxylation is 1. The van der Waals surface area contributed by atoms with Crippen LogP contribution in [0.25, 0.3) is 0 Å². The van der Waals surface area contributed by atoms with E-state index in [-0.39, 0.29) is 17.4 Å². The van der Waals surface area contributed by atoms with E-state index >= 15 is 0 Å². The molecule has 0 spiro atoms. The third-order valence-corrected chi connectivity index (χ3v) is 2.96. The van der Waals surface area contributed by atoms with Crippen molar-refractivity contribution in [3.63, 3.8) is 0 Å². The van der Waals surface area contributed by atoms with Crippen molar-refractivity contribution in [2.24, 2.45) is 0 Å². The Morgan fingerprint density at radius 2 is 2.10 bits per heavy atom. The van der Waals surface area contributed by atoms with Crippen molar-refractivity contribution >= 4 is 11.6 Å². The SMILES string of the molecule is CCCc1[nH]nc(C(=O)NCc2ccc(F)cc2)c1N. The molecule has 106 valence electrons. The van der Waals surface area contributed by atoms with E-state index in [0.717, 1.165) is 24.1 Å². The van der Waals surface area contributed by atoms with Crippen LogP contribution in [0.3, 0.4) is 0 Å². The molecular weight excluding hydrogens is 259 g/mol. The van der Waals surface area contributed by atoms with E-state index in [1.807, 2.05) is 6.92 Å².